The van der Waals surface area contributed by atoms with Crippen LogP contribution < -0.4 is 5.32 Å². The lowest BCUT2D eigenvalue weighted by atomic mass is 9.62. The van der Waals surface area contributed by atoms with Gasteiger partial charge in [0.1, 0.15) is 0 Å². The lowest BCUT2D eigenvalue weighted by Gasteiger charge is -2.45. The van der Waals surface area contributed by atoms with Crippen LogP contribution >= 0.6 is 0 Å². The maximum atomic E-state index is 5.95. The topological polar surface area (TPSA) is 21.3 Å². The molecule has 1 aliphatic heterocycles. The van der Waals surface area contributed by atoms with Gasteiger partial charge in [0.2, 0.25) is 0 Å². The van der Waals surface area contributed by atoms with E-state index in [1.807, 2.05) is 0 Å². The molecule has 2 heteroatoms. The minimum atomic E-state index is 0.479. The van der Waals surface area contributed by atoms with Gasteiger partial charge in [0, 0.05) is 13.2 Å². The summed E-state index contributed by atoms with van der Waals surface area (Å²) in [6.07, 6.45) is 11.2. The van der Waals surface area contributed by atoms with Crippen molar-refractivity contribution in [1.29, 1.82) is 0 Å². The Morgan fingerprint density at radius 1 is 1.14 bits per heavy atom. The van der Waals surface area contributed by atoms with Crippen LogP contribution in [0, 0.1) is 16.7 Å². The first-order chi connectivity index (χ1) is 9.95. The first-order valence-corrected chi connectivity index (χ1v) is 9.27. The van der Waals surface area contributed by atoms with E-state index in [-0.39, 0.29) is 0 Å². The standard InChI is InChI=1S/C19H37NO/c1-5-12-20-15-19(14-17-7-6-13-21-17)10-8-16(9-11-19)18(2,3)4/h16-17,20H,5-15H2,1-4H3. The van der Waals surface area contributed by atoms with Crippen molar-refractivity contribution in [2.75, 3.05) is 19.7 Å². The molecule has 2 fully saturated rings. The van der Waals surface area contributed by atoms with Gasteiger partial charge in [0.15, 0.2) is 0 Å². The predicted molar refractivity (Wildman–Crippen MR) is 90.6 cm³/mol. The van der Waals surface area contributed by atoms with Gasteiger partial charge in [-0.3, -0.25) is 0 Å². The molecule has 0 aromatic rings. The summed E-state index contributed by atoms with van der Waals surface area (Å²) in [5.74, 6) is 0.904. The monoisotopic (exact) mass is 295 g/mol. The van der Waals surface area contributed by atoms with Crippen molar-refractivity contribution in [3.63, 3.8) is 0 Å². The van der Waals surface area contributed by atoms with Gasteiger partial charge >= 0.3 is 0 Å². The van der Waals surface area contributed by atoms with Gasteiger partial charge in [-0.15, -0.1) is 0 Å². The van der Waals surface area contributed by atoms with E-state index in [2.05, 4.69) is 33.0 Å². The lowest BCUT2D eigenvalue weighted by Crippen LogP contribution is -2.42. The number of nitrogens with one attached hydrogen (secondary N) is 1. The Morgan fingerprint density at radius 3 is 2.38 bits per heavy atom. The smallest absolute Gasteiger partial charge is 0.0581 e. The van der Waals surface area contributed by atoms with Gasteiger partial charge in [-0.05, 0) is 74.7 Å². The van der Waals surface area contributed by atoms with Gasteiger partial charge in [-0.1, -0.05) is 27.7 Å². The van der Waals surface area contributed by atoms with E-state index in [0.29, 0.717) is 16.9 Å². The normalized spacial score (nSPS) is 34.3. The van der Waals surface area contributed by atoms with E-state index >= 15 is 0 Å². The molecule has 0 bridgehead atoms. The molecule has 124 valence electrons. The summed E-state index contributed by atoms with van der Waals surface area (Å²) in [5, 5.41) is 3.72. The largest absolute Gasteiger partial charge is 0.378 e. The second-order valence-electron chi connectivity index (χ2n) is 8.66. The molecule has 2 nitrogen and oxygen atoms in total. The lowest BCUT2D eigenvalue weighted by molar-refractivity contribution is 0.0204. The zero-order valence-electron chi connectivity index (χ0n) is 14.8. The van der Waals surface area contributed by atoms with E-state index in [4.69, 9.17) is 4.74 Å². The average Bonchev–Trinajstić information content (AvgIpc) is 2.91. The van der Waals surface area contributed by atoms with Crippen molar-refractivity contribution < 1.29 is 4.74 Å². The number of ether oxygens (including phenoxy) is 1. The Morgan fingerprint density at radius 2 is 1.86 bits per heavy atom. The third-order valence-electron chi connectivity index (χ3n) is 5.88. The zero-order chi connectivity index (χ0) is 15.3. The van der Waals surface area contributed by atoms with Crippen LogP contribution in [0.15, 0.2) is 0 Å². The van der Waals surface area contributed by atoms with Gasteiger partial charge < -0.3 is 10.1 Å². The first kappa shape index (κ1) is 17.3. The van der Waals surface area contributed by atoms with Crippen LogP contribution in [0.5, 0.6) is 0 Å². The van der Waals surface area contributed by atoms with Crippen LogP contribution in [0.4, 0.5) is 0 Å². The van der Waals surface area contributed by atoms with Crippen molar-refractivity contribution in [3.05, 3.63) is 0 Å². The number of hydrogen-bond donors (Lipinski definition) is 1. The molecule has 2 aliphatic rings. The molecule has 0 amide bonds. The second kappa shape index (κ2) is 7.46. The van der Waals surface area contributed by atoms with E-state index in [1.165, 1.54) is 57.9 Å². The highest BCUT2D eigenvalue weighted by Crippen LogP contribution is 2.48. The molecule has 1 saturated carbocycles. The van der Waals surface area contributed by atoms with Crippen molar-refractivity contribution in [3.8, 4) is 0 Å². The van der Waals surface area contributed by atoms with Crippen LogP contribution in [0.3, 0.4) is 0 Å². The SMILES string of the molecule is CCCNCC1(CC2CCCO2)CCC(C(C)(C)C)CC1. The molecule has 0 radical (unpaired) electrons. The van der Waals surface area contributed by atoms with E-state index in [1.54, 1.807) is 0 Å². The van der Waals surface area contributed by atoms with Crippen molar-refractivity contribution in [2.24, 2.45) is 16.7 Å². The fourth-order valence-electron chi connectivity index (χ4n) is 4.37. The molecular formula is C19H37NO. The predicted octanol–water partition coefficient (Wildman–Crippen LogP) is 4.78. The number of hydrogen-bond acceptors (Lipinski definition) is 2. The van der Waals surface area contributed by atoms with Gasteiger partial charge in [-0.25, -0.2) is 0 Å². The summed E-state index contributed by atoms with van der Waals surface area (Å²) in [7, 11) is 0. The summed E-state index contributed by atoms with van der Waals surface area (Å²) >= 11 is 0. The summed E-state index contributed by atoms with van der Waals surface area (Å²) in [6.45, 7) is 12.9. The minimum Gasteiger partial charge on any atom is -0.378 e. The summed E-state index contributed by atoms with van der Waals surface area (Å²) in [4.78, 5) is 0. The van der Waals surface area contributed by atoms with E-state index in [0.717, 1.165) is 19.1 Å². The Kier molecular flexibility index (Phi) is 6.14. The summed E-state index contributed by atoms with van der Waals surface area (Å²) in [6, 6.07) is 0. The third-order valence-corrected chi connectivity index (χ3v) is 5.88. The molecule has 1 saturated heterocycles. The molecular weight excluding hydrogens is 258 g/mol. The molecule has 1 N–H and O–H groups in total. The van der Waals surface area contributed by atoms with E-state index < -0.39 is 0 Å². The molecule has 0 aromatic heterocycles. The van der Waals surface area contributed by atoms with Gasteiger partial charge in [-0.2, -0.15) is 0 Å². The Labute approximate surface area is 132 Å². The molecule has 0 spiro atoms. The van der Waals surface area contributed by atoms with Crippen molar-refractivity contribution >= 4 is 0 Å². The molecule has 0 aromatic carbocycles. The maximum Gasteiger partial charge on any atom is 0.0581 e. The first-order valence-electron chi connectivity index (χ1n) is 9.27. The fraction of sp³-hybridized carbons (Fsp3) is 1.00. The molecule has 1 aliphatic carbocycles. The maximum absolute atomic E-state index is 5.95. The highest BCUT2D eigenvalue weighted by atomic mass is 16.5. The second-order valence-corrected chi connectivity index (χ2v) is 8.66. The zero-order valence-corrected chi connectivity index (χ0v) is 14.8. The highest BCUT2D eigenvalue weighted by Gasteiger charge is 2.40. The van der Waals surface area contributed by atoms with Crippen LogP contribution in [0.2, 0.25) is 0 Å². The van der Waals surface area contributed by atoms with Crippen LogP contribution in [-0.2, 0) is 4.74 Å². The summed E-state index contributed by atoms with van der Waals surface area (Å²) in [5.41, 5.74) is 0.985. The molecule has 21 heavy (non-hydrogen) atoms. The van der Waals surface area contributed by atoms with Crippen LogP contribution in [0.25, 0.3) is 0 Å². The Balaban J connectivity index is 1.93. The van der Waals surface area contributed by atoms with Gasteiger partial charge in [0.05, 0.1) is 6.10 Å². The van der Waals surface area contributed by atoms with Crippen LogP contribution in [0.1, 0.15) is 79.1 Å². The molecule has 1 unspecified atom stereocenters. The minimum absolute atomic E-state index is 0.479. The fourth-order valence-corrected chi connectivity index (χ4v) is 4.37. The van der Waals surface area contributed by atoms with Gasteiger partial charge in [0.25, 0.3) is 0 Å². The average molecular weight is 296 g/mol. The Bertz CT molecular complexity index is 293. The molecule has 1 atom stereocenters. The van der Waals surface area contributed by atoms with Crippen molar-refractivity contribution in [2.45, 2.75) is 85.2 Å². The van der Waals surface area contributed by atoms with Crippen LogP contribution in [-0.4, -0.2) is 25.8 Å². The quantitative estimate of drug-likeness (QED) is 0.712. The summed E-state index contributed by atoms with van der Waals surface area (Å²) < 4.78 is 5.95. The molecule has 1 heterocycles. The molecule has 2 rings (SSSR count). The van der Waals surface area contributed by atoms with Crippen molar-refractivity contribution in [1.82, 2.24) is 5.32 Å². The highest BCUT2D eigenvalue weighted by molar-refractivity contribution is 4.92. The van der Waals surface area contributed by atoms with E-state index in [9.17, 15) is 0 Å². The third kappa shape index (κ3) is 4.96. The Hall–Kier alpha value is -0.0800. The number of rotatable bonds is 6.